The predicted molar refractivity (Wildman–Crippen MR) is 101 cm³/mol. The van der Waals surface area contributed by atoms with Gasteiger partial charge in [0.2, 0.25) is 0 Å². The van der Waals surface area contributed by atoms with E-state index in [0.29, 0.717) is 17.5 Å². The number of methoxy groups -OCH3 is 1. The lowest BCUT2D eigenvalue weighted by atomic mass is 9.99. The van der Waals surface area contributed by atoms with Crippen molar-refractivity contribution in [2.75, 3.05) is 7.11 Å². The van der Waals surface area contributed by atoms with Crippen LogP contribution in [0.5, 0.6) is 5.75 Å². The minimum absolute atomic E-state index is 0.180. The molecule has 3 rings (SSSR count). The van der Waals surface area contributed by atoms with Crippen LogP contribution >= 0.6 is 0 Å². The Balaban J connectivity index is 1.97. The fourth-order valence-corrected chi connectivity index (χ4v) is 2.89. The van der Waals surface area contributed by atoms with Crippen molar-refractivity contribution in [2.24, 2.45) is 4.99 Å². The second kappa shape index (κ2) is 6.93. The first-order chi connectivity index (χ1) is 12.0. The number of nitrogens with zero attached hydrogens (tertiary/aromatic N) is 1. The number of amides is 1. The van der Waals surface area contributed by atoms with Crippen LogP contribution in [0.15, 0.2) is 53.2 Å². The van der Waals surface area contributed by atoms with Gasteiger partial charge in [0.05, 0.1) is 7.11 Å². The van der Waals surface area contributed by atoms with Crippen LogP contribution in [0.4, 0.5) is 0 Å². The molecule has 0 fully saturated rings. The number of aryl methyl sites for hydroxylation is 1. The Labute approximate surface area is 148 Å². The number of ether oxygens (including phenoxy) is 1. The van der Waals surface area contributed by atoms with E-state index >= 15 is 0 Å². The van der Waals surface area contributed by atoms with E-state index in [1.54, 1.807) is 7.11 Å². The Kier molecular flexibility index (Phi) is 4.70. The quantitative estimate of drug-likeness (QED) is 0.858. The van der Waals surface area contributed by atoms with Gasteiger partial charge in [-0.15, -0.1) is 0 Å². The highest BCUT2D eigenvalue weighted by Crippen LogP contribution is 2.28. The predicted octanol–water partition coefficient (Wildman–Crippen LogP) is 4.04. The molecule has 4 nitrogen and oxygen atoms in total. The summed E-state index contributed by atoms with van der Waals surface area (Å²) >= 11 is 0. The van der Waals surface area contributed by atoms with Crippen LogP contribution in [0.2, 0.25) is 0 Å². The molecule has 4 heteroatoms. The summed E-state index contributed by atoms with van der Waals surface area (Å²) in [5.41, 5.74) is 4.48. The van der Waals surface area contributed by atoms with E-state index in [1.807, 2.05) is 55.5 Å². The molecule has 1 N–H and O–H groups in total. The van der Waals surface area contributed by atoms with Gasteiger partial charge in [0.25, 0.3) is 5.91 Å². The van der Waals surface area contributed by atoms with E-state index in [0.717, 1.165) is 28.0 Å². The zero-order chi connectivity index (χ0) is 18.0. The molecular formula is C21H22N2O2. The average molecular weight is 334 g/mol. The van der Waals surface area contributed by atoms with Crippen molar-refractivity contribution in [1.29, 1.82) is 0 Å². The Morgan fingerprint density at radius 3 is 2.60 bits per heavy atom. The highest BCUT2D eigenvalue weighted by Gasteiger charge is 2.22. The standard InChI is InChI=1S/C21H22N2O2/c1-13(2)17-11-15(9-10-19(17)25-4)12-18-21(24)23-20(22-18)16-8-6-5-7-14(16)3/h5-13H,1-4H3,(H,22,23,24)/b18-12+. The minimum Gasteiger partial charge on any atom is -0.496 e. The Bertz CT molecular complexity index is 879. The lowest BCUT2D eigenvalue weighted by Crippen LogP contribution is -2.25. The van der Waals surface area contributed by atoms with E-state index in [2.05, 4.69) is 24.2 Å². The molecule has 128 valence electrons. The second-order valence-electron chi connectivity index (χ2n) is 6.42. The number of carbonyl (C=O) groups is 1. The van der Waals surface area contributed by atoms with Crippen LogP contribution in [0.1, 0.15) is 42.0 Å². The third-order valence-corrected chi connectivity index (χ3v) is 4.28. The number of rotatable bonds is 4. The van der Waals surface area contributed by atoms with Crippen molar-refractivity contribution in [2.45, 2.75) is 26.7 Å². The fraction of sp³-hybridized carbons (Fsp3) is 0.238. The number of hydrogen-bond acceptors (Lipinski definition) is 3. The largest absolute Gasteiger partial charge is 0.496 e. The number of aliphatic imine (C=N–C) groups is 1. The van der Waals surface area contributed by atoms with Gasteiger partial charge < -0.3 is 10.1 Å². The molecule has 0 spiro atoms. The zero-order valence-electron chi connectivity index (χ0n) is 15.0. The first-order valence-electron chi connectivity index (χ1n) is 8.35. The molecule has 0 saturated carbocycles. The lowest BCUT2D eigenvalue weighted by Gasteiger charge is -2.12. The molecule has 1 amide bonds. The molecule has 0 bridgehead atoms. The van der Waals surface area contributed by atoms with Gasteiger partial charge in [0, 0.05) is 5.56 Å². The van der Waals surface area contributed by atoms with Crippen LogP contribution in [0.3, 0.4) is 0 Å². The molecule has 0 saturated heterocycles. The SMILES string of the molecule is COc1ccc(/C=C2/N=C(c3ccccc3C)NC2=O)cc1C(C)C. The van der Waals surface area contributed by atoms with Crippen LogP contribution in [0.25, 0.3) is 6.08 Å². The van der Waals surface area contributed by atoms with Crippen molar-refractivity contribution in [3.8, 4) is 5.75 Å². The number of amidine groups is 1. The maximum absolute atomic E-state index is 12.3. The van der Waals surface area contributed by atoms with Crippen molar-refractivity contribution >= 4 is 17.8 Å². The summed E-state index contributed by atoms with van der Waals surface area (Å²) in [6.07, 6.45) is 1.81. The summed E-state index contributed by atoms with van der Waals surface area (Å²) in [5, 5.41) is 2.86. The van der Waals surface area contributed by atoms with Gasteiger partial charge in [-0.3, -0.25) is 4.79 Å². The van der Waals surface area contributed by atoms with Crippen molar-refractivity contribution in [3.63, 3.8) is 0 Å². The number of nitrogens with one attached hydrogen (secondary N) is 1. The smallest absolute Gasteiger partial charge is 0.275 e. The molecule has 1 aliphatic rings. The lowest BCUT2D eigenvalue weighted by molar-refractivity contribution is -0.115. The van der Waals surface area contributed by atoms with Gasteiger partial charge >= 0.3 is 0 Å². The normalized spacial score (nSPS) is 15.5. The van der Waals surface area contributed by atoms with E-state index in [4.69, 9.17) is 4.74 Å². The summed E-state index contributed by atoms with van der Waals surface area (Å²) in [6.45, 7) is 6.24. The van der Waals surface area contributed by atoms with E-state index in [9.17, 15) is 4.79 Å². The van der Waals surface area contributed by atoms with Crippen molar-refractivity contribution in [3.05, 3.63) is 70.4 Å². The van der Waals surface area contributed by atoms with Gasteiger partial charge in [-0.05, 0) is 47.7 Å². The number of benzene rings is 2. The molecule has 0 aliphatic carbocycles. The molecule has 0 aromatic heterocycles. The van der Waals surface area contributed by atoms with Gasteiger partial charge in [-0.2, -0.15) is 0 Å². The molecule has 0 unspecified atom stereocenters. The van der Waals surface area contributed by atoms with Gasteiger partial charge in [0.15, 0.2) is 0 Å². The van der Waals surface area contributed by atoms with Gasteiger partial charge in [-0.1, -0.05) is 44.2 Å². The van der Waals surface area contributed by atoms with Crippen LogP contribution < -0.4 is 10.1 Å². The molecule has 2 aromatic carbocycles. The Hall–Kier alpha value is -2.88. The Morgan fingerprint density at radius 2 is 1.92 bits per heavy atom. The van der Waals surface area contributed by atoms with E-state index < -0.39 is 0 Å². The fourth-order valence-electron chi connectivity index (χ4n) is 2.89. The molecule has 1 heterocycles. The van der Waals surface area contributed by atoms with Crippen LogP contribution in [0, 0.1) is 6.92 Å². The summed E-state index contributed by atoms with van der Waals surface area (Å²) in [6, 6.07) is 13.8. The maximum atomic E-state index is 12.3. The van der Waals surface area contributed by atoms with Gasteiger partial charge in [-0.25, -0.2) is 4.99 Å². The molecule has 2 aromatic rings. The molecule has 0 atom stereocenters. The molecule has 0 radical (unpaired) electrons. The van der Waals surface area contributed by atoms with Gasteiger partial charge in [0.1, 0.15) is 17.3 Å². The van der Waals surface area contributed by atoms with E-state index in [1.165, 1.54) is 0 Å². The minimum atomic E-state index is -0.180. The first kappa shape index (κ1) is 17.0. The van der Waals surface area contributed by atoms with Crippen LogP contribution in [-0.4, -0.2) is 18.9 Å². The maximum Gasteiger partial charge on any atom is 0.275 e. The second-order valence-corrected chi connectivity index (χ2v) is 6.42. The summed E-state index contributed by atoms with van der Waals surface area (Å²) < 4.78 is 5.41. The summed E-state index contributed by atoms with van der Waals surface area (Å²) in [7, 11) is 1.67. The molecule has 1 aliphatic heterocycles. The van der Waals surface area contributed by atoms with E-state index in [-0.39, 0.29) is 5.91 Å². The molecular weight excluding hydrogens is 312 g/mol. The highest BCUT2D eigenvalue weighted by atomic mass is 16.5. The third kappa shape index (κ3) is 3.48. The number of carbonyl (C=O) groups excluding carboxylic acids is 1. The topological polar surface area (TPSA) is 50.7 Å². The van der Waals surface area contributed by atoms with Crippen molar-refractivity contribution in [1.82, 2.24) is 5.32 Å². The first-order valence-corrected chi connectivity index (χ1v) is 8.35. The van der Waals surface area contributed by atoms with Crippen molar-refractivity contribution < 1.29 is 9.53 Å². The average Bonchev–Trinajstić information content (AvgIpc) is 2.95. The summed E-state index contributed by atoms with van der Waals surface area (Å²) in [4.78, 5) is 16.8. The highest BCUT2D eigenvalue weighted by molar-refractivity contribution is 6.20. The summed E-state index contributed by atoms with van der Waals surface area (Å²) in [5.74, 6) is 1.61. The Morgan fingerprint density at radius 1 is 1.16 bits per heavy atom. The number of hydrogen-bond donors (Lipinski definition) is 1. The van der Waals surface area contributed by atoms with Crippen LogP contribution in [-0.2, 0) is 4.79 Å². The monoisotopic (exact) mass is 334 g/mol. The zero-order valence-corrected chi connectivity index (χ0v) is 15.0. The molecule has 25 heavy (non-hydrogen) atoms. The third-order valence-electron chi connectivity index (χ3n) is 4.28.